The number of Topliss-reactive ketones (excluding diaryl/α,β-unsaturated/α-hetero) is 1. The van der Waals surface area contributed by atoms with Gasteiger partial charge in [0, 0.05) is 6.42 Å². The number of carbonyl (C=O) groups is 1. The van der Waals surface area contributed by atoms with E-state index in [1.165, 1.54) is 19.1 Å². The third kappa shape index (κ3) is 4.68. The van der Waals surface area contributed by atoms with Crippen LogP contribution in [0.5, 0.6) is 0 Å². The molecule has 22 heavy (non-hydrogen) atoms. The Bertz CT molecular complexity index is 450. The second kappa shape index (κ2) is 7.93. The molecule has 1 N–H and O–H groups in total. The number of aliphatic hydroxyl groups is 1. The van der Waals surface area contributed by atoms with Crippen LogP contribution in [0.25, 0.3) is 0 Å². The van der Waals surface area contributed by atoms with Gasteiger partial charge in [0.25, 0.3) is 0 Å². The van der Waals surface area contributed by atoms with Crippen LogP contribution in [-0.2, 0) is 4.74 Å². The van der Waals surface area contributed by atoms with E-state index in [9.17, 15) is 9.90 Å². The standard InChI is InChI=1S/C18H28O4/c1-3-4-5-8-14-9-6-11-18(2,20)17(22-14)13-15(19)16-10-7-12-21-16/h7,10,12,14,17,20H,3-6,8-9,11,13H2,1-2H3/t14-,17+,18-/m1/s1. The van der Waals surface area contributed by atoms with Gasteiger partial charge >= 0.3 is 0 Å². The van der Waals surface area contributed by atoms with Crippen molar-refractivity contribution in [1.82, 2.24) is 0 Å². The first kappa shape index (κ1) is 17.2. The Labute approximate surface area is 132 Å². The number of rotatable bonds is 7. The van der Waals surface area contributed by atoms with E-state index in [2.05, 4.69) is 6.92 Å². The van der Waals surface area contributed by atoms with Crippen LogP contribution >= 0.6 is 0 Å². The van der Waals surface area contributed by atoms with Gasteiger partial charge in [-0.25, -0.2) is 0 Å². The summed E-state index contributed by atoms with van der Waals surface area (Å²) < 4.78 is 11.3. The molecule has 4 heteroatoms. The molecule has 1 aliphatic heterocycles. The molecule has 1 saturated heterocycles. The highest BCUT2D eigenvalue weighted by Gasteiger charge is 2.38. The van der Waals surface area contributed by atoms with Gasteiger partial charge in [-0.15, -0.1) is 0 Å². The first-order chi connectivity index (χ1) is 10.5. The number of unbranched alkanes of at least 4 members (excludes halogenated alkanes) is 2. The predicted molar refractivity (Wildman–Crippen MR) is 84.9 cm³/mol. The smallest absolute Gasteiger partial charge is 0.200 e. The molecule has 4 nitrogen and oxygen atoms in total. The Balaban J connectivity index is 1.98. The van der Waals surface area contributed by atoms with Crippen LogP contribution in [-0.4, -0.2) is 28.7 Å². The maximum atomic E-state index is 12.3. The summed E-state index contributed by atoms with van der Waals surface area (Å²) in [6.07, 6.45) is 8.47. The summed E-state index contributed by atoms with van der Waals surface area (Å²) in [6.45, 7) is 3.96. The minimum Gasteiger partial charge on any atom is -0.461 e. The number of hydrogen-bond acceptors (Lipinski definition) is 4. The lowest BCUT2D eigenvalue weighted by Crippen LogP contribution is -2.42. The van der Waals surface area contributed by atoms with Crippen LogP contribution in [0.4, 0.5) is 0 Å². The van der Waals surface area contributed by atoms with E-state index < -0.39 is 11.7 Å². The lowest BCUT2D eigenvalue weighted by atomic mass is 9.90. The van der Waals surface area contributed by atoms with E-state index >= 15 is 0 Å². The molecule has 3 atom stereocenters. The Morgan fingerprint density at radius 3 is 2.95 bits per heavy atom. The highest BCUT2D eigenvalue weighted by atomic mass is 16.5. The fraction of sp³-hybridized carbons (Fsp3) is 0.722. The zero-order valence-electron chi connectivity index (χ0n) is 13.7. The van der Waals surface area contributed by atoms with Crippen LogP contribution in [0.3, 0.4) is 0 Å². The molecule has 2 heterocycles. The van der Waals surface area contributed by atoms with E-state index in [1.54, 1.807) is 19.1 Å². The lowest BCUT2D eigenvalue weighted by Gasteiger charge is -2.32. The molecular weight excluding hydrogens is 280 g/mol. The quantitative estimate of drug-likeness (QED) is 0.608. The summed E-state index contributed by atoms with van der Waals surface area (Å²) in [5.41, 5.74) is -0.957. The van der Waals surface area contributed by atoms with Crippen molar-refractivity contribution in [3.8, 4) is 0 Å². The average Bonchev–Trinajstić information content (AvgIpc) is 2.96. The maximum Gasteiger partial charge on any atom is 0.200 e. The van der Waals surface area contributed by atoms with Gasteiger partial charge < -0.3 is 14.3 Å². The van der Waals surface area contributed by atoms with Gasteiger partial charge in [0.05, 0.1) is 24.1 Å². The molecular formula is C18H28O4. The van der Waals surface area contributed by atoms with Gasteiger partial charge in [0.15, 0.2) is 5.76 Å². The van der Waals surface area contributed by atoms with E-state index in [4.69, 9.17) is 9.15 Å². The summed E-state index contributed by atoms with van der Waals surface area (Å²) in [4.78, 5) is 12.3. The van der Waals surface area contributed by atoms with Crippen molar-refractivity contribution in [3.05, 3.63) is 24.2 Å². The van der Waals surface area contributed by atoms with Crippen molar-refractivity contribution in [2.75, 3.05) is 0 Å². The van der Waals surface area contributed by atoms with Crippen molar-refractivity contribution in [2.24, 2.45) is 0 Å². The second-order valence-corrected chi connectivity index (χ2v) is 6.60. The minimum absolute atomic E-state index is 0.107. The van der Waals surface area contributed by atoms with Crippen molar-refractivity contribution >= 4 is 5.78 Å². The third-order valence-electron chi connectivity index (χ3n) is 4.56. The predicted octanol–water partition coefficient (Wildman–Crippen LogP) is 4.12. The van der Waals surface area contributed by atoms with Crippen LogP contribution in [0.1, 0.15) is 75.8 Å². The highest BCUT2D eigenvalue weighted by molar-refractivity contribution is 5.93. The van der Waals surface area contributed by atoms with Gasteiger partial charge in [-0.2, -0.15) is 0 Å². The Hall–Kier alpha value is -1.13. The maximum absolute atomic E-state index is 12.3. The zero-order chi connectivity index (χ0) is 16.0. The molecule has 0 aliphatic carbocycles. The van der Waals surface area contributed by atoms with Gasteiger partial charge in [0.2, 0.25) is 5.78 Å². The number of hydrogen-bond donors (Lipinski definition) is 1. The number of carbonyl (C=O) groups excluding carboxylic acids is 1. The molecule has 0 amide bonds. The van der Waals surface area contributed by atoms with Gasteiger partial charge in [0.1, 0.15) is 0 Å². The molecule has 0 radical (unpaired) electrons. The topological polar surface area (TPSA) is 59.7 Å². The normalized spacial score (nSPS) is 29.2. The SMILES string of the molecule is CCCCC[C@@H]1CCC[C@@](C)(O)[C@H](CC(=O)c2ccco2)O1. The van der Waals surface area contributed by atoms with Gasteiger partial charge in [-0.1, -0.05) is 26.2 Å². The largest absolute Gasteiger partial charge is 0.461 e. The monoisotopic (exact) mass is 308 g/mol. The fourth-order valence-electron chi connectivity index (χ4n) is 3.10. The first-order valence-corrected chi connectivity index (χ1v) is 8.47. The molecule has 0 saturated carbocycles. The molecule has 0 spiro atoms. The van der Waals surface area contributed by atoms with Gasteiger partial charge in [-0.3, -0.25) is 4.79 Å². The van der Waals surface area contributed by atoms with Crippen LogP contribution < -0.4 is 0 Å². The van der Waals surface area contributed by atoms with E-state index in [1.807, 2.05) is 0 Å². The van der Waals surface area contributed by atoms with Crippen LogP contribution in [0.15, 0.2) is 22.8 Å². The molecule has 2 rings (SSSR count). The van der Waals surface area contributed by atoms with Crippen molar-refractivity contribution in [1.29, 1.82) is 0 Å². The summed E-state index contributed by atoms with van der Waals surface area (Å²) in [7, 11) is 0. The number of furan rings is 1. The summed E-state index contributed by atoms with van der Waals surface area (Å²) >= 11 is 0. The first-order valence-electron chi connectivity index (χ1n) is 8.47. The second-order valence-electron chi connectivity index (χ2n) is 6.60. The average molecular weight is 308 g/mol. The molecule has 0 aromatic carbocycles. The minimum atomic E-state index is -0.957. The van der Waals surface area contributed by atoms with E-state index in [0.717, 1.165) is 25.7 Å². The van der Waals surface area contributed by atoms with Crippen LogP contribution in [0, 0.1) is 0 Å². The molecule has 1 fully saturated rings. The number of ketones is 1. The van der Waals surface area contributed by atoms with Crippen molar-refractivity contribution in [3.63, 3.8) is 0 Å². The van der Waals surface area contributed by atoms with E-state index in [0.29, 0.717) is 12.2 Å². The Morgan fingerprint density at radius 1 is 1.45 bits per heavy atom. The molecule has 0 bridgehead atoms. The van der Waals surface area contributed by atoms with Crippen molar-refractivity contribution < 1.29 is 19.1 Å². The Morgan fingerprint density at radius 2 is 2.27 bits per heavy atom. The number of ether oxygens (including phenoxy) is 1. The summed E-state index contributed by atoms with van der Waals surface area (Å²) in [5.74, 6) is 0.232. The van der Waals surface area contributed by atoms with Gasteiger partial charge in [-0.05, 0) is 44.7 Å². The molecule has 1 aromatic heterocycles. The zero-order valence-corrected chi connectivity index (χ0v) is 13.7. The molecule has 0 unspecified atom stereocenters. The summed E-state index contributed by atoms with van der Waals surface area (Å²) in [5, 5.41) is 10.6. The molecule has 1 aromatic rings. The van der Waals surface area contributed by atoms with Crippen LogP contribution in [0.2, 0.25) is 0 Å². The highest BCUT2D eigenvalue weighted by Crippen LogP contribution is 2.32. The molecule has 1 aliphatic rings. The molecule has 124 valence electrons. The Kier molecular flexibility index (Phi) is 6.21. The lowest BCUT2D eigenvalue weighted by molar-refractivity contribution is -0.115. The fourth-order valence-corrected chi connectivity index (χ4v) is 3.10. The van der Waals surface area contributed by atoms with E-state index in [-0.39, 0.29) is 18.3 Å². The van der Waals surface area contributed by atoms with Crippen molar-refractivity contribution in [2.45, 2.75) is 83.0 Å². The third-order valence-corrected chi connectivity index (χ3v) is 4.56. The summed E-state index contributed by atoms with van der Waals surface area (Å²) in [6, 6.07) is 3.36.